The maximum atomic E-state index is 5.89. The van der Waals surface area contributed by atoms with Gasteiger partial charge in [-0.25, -0.2) is 9.97 Å². The maximum Gasteiger partial charge on any atom is 0.245 e. The minimum Gasteiger partial charge on any atom is -0.382 e. The molecular weight excluding hydrogens is 232 g/mol. The number of nitrogen functional groups attached to an aromatic ring is 1. The molecule has 3 N–H and O–H groups in total. The van der Waals surface area contributed by atoms with Crippen molar-refractivity contribution < 1.29 is 4.52 Å². The van der Waals surface area contributed by atoms with E-state index in [-0.39, 0.29) is 10.8 Å². The second kappa shape index (κ2) is 4.31. The van der Waals surface area contributed by atoms with Crippen molar-refractivity contribution in [2.45, 2.75) is 13.5 Å². The minimum atomic E-state index is 0.223. The van der Waals surface area contributed by atoms with E-state index in [1.54, 1.807) is 6.92 Å². The van der Waals surface area contributed by atoms with Gasteiger partial charge in [-0.05, 0) is 6.92 Å². The Balaban J connectivity index is 2.07. The second-order valence-corrected chi connectivity index (χ2v) is 3.39. The number of nitrogens with two attached hydrogens (primary N) is 1. The van der Waals surface area contributed by atoms with Crippen molar-refractivity contribution in [3.05, 3.63) is 23.1 Å². The molecule has 0 unspecified atom stereocenters. The number of nitrogens with one attached hydrogen (secondary N) is 1. The quantitative estimate of drug-likeness (QED) is 0.825. The molecule has 0 saturated carbocycles. The van der Waals surface area contributed by atoms with E-state index in [2.05, 4.69) is 25.4 Å². The van der Waals surface area contributed by atoms with E-state index in [0.29, 0.717) is 24.1 Å². The van der Waals surface area contributed by atoms with E-state index in [9.17, 15) is 0 Å². The topological polar surface area (TPSA) is 103 Å². The van der Waals surface area contributed by atoms with Crippen LogP contribution in [-0.4, -0.2) is 20.1 Å². The number of halogens is 1. The highest BCUT2D eigenvalue weighted by Crippen LogP contribution is 2.23. The summed E-state index contributed by atoms with van der Waals surface area (Å²) in [6.45, 7) is 2.07. The number of anilines is 2. The fourth-order valence-electron chi connectivity index (χ4n) is 1.08. The first-order valence-corrected chi connectivity index (χ1v) is 4.83. The SMILES string of the molecule is Cc1noc(CNc2ncnc(N)c2Cl)n1. The third-order valence-corrected chi connectivity index (χ3v) is 2.17. The lowest BCUT2D eigenvalue weighted by Gasteiger charge is -2.05. The molecule has 0 spiro atoms. The van der Waals surface area contributed by atoms with Crippen LogP contribution in [0.25, 0.3) is 0 Å². The lowest BCUT2D eigenvalue weighted by molar-refractivity contribution is 0.379. The molecule has 0 aliphatic heterocycles. The van der Waals surface area contributed by atoms with Gasteiger partial charge >= 0.3 is 0 Å². The molecule has 8 heteroatoms. The van der Waals surface area contributed by atoms with E-state index >= 15 is 0 Å². The molecule has 0 aliphatic carbocycles. The Morgan fingerprint density at radius 3 is 3.00 bits per heavy atom. The van der Waals surface area contributed by atoms with Crippen molar-refractivity contribution in [2.24, 2.45) is 0 Å². The molecule has 2 aromatic heterocycles. The first-order chi connectivity index (χ1) is 7.66. The summed E-state index contributed by atoms with van der Waals surface area (Å²) in [7, 11) is 0. The minimum absolute atomic E-state index is 0.223. The highest BCUT2D eigenvalue weighted by molar-refractivity contribution is 6.35. The van der Waals surface area contributed by atoms with Crippen LogP contribution in [0.15, 0.2) is 10.9 Å². The summed E-state index contributed by atoms with van der Waals surface area (Å²) in [5.74, 6) is 1.68. The third kappa shape index (κ3) is 2.19. The average Bonchev–Trinajstić information content (AvgIpc) is 2.67. The molecule has 84 valence electrons. The van der Waals surface area contributed by atoms with Gasteiger partial charge in [-0.3, -0.25) is 0 Å². The van der Waals surface area contributed by atoms with Gasteiger partial charge in [0.1, 0.15) is 17.2 Å². The van der Waals surface area contributed by atoms with Gasteiger partial charge in [-0.15, -0.1) is 0 Å². The molecule has 0 radical (unpaired) electrons. The van der Waals surface area contributed by atoms with Crippen LogP contribution in [0, 0.1) is 6.92 Å². The van der Waals surface area contributed by atoms with Crippen LogP contribution < -0.4 is 11.1 Å². The van der Waals surface area contributed by atoms with Gasteiger partial charge in [-0.2, -0.15) is 4.98 Å². The van der Waals surface area contributed by atoms with Crippen LogP contribution in [0.3, 0.4) is 0 Å². The Morgan fingerprint density at radius 1 is 1.50 bits per heavy atom. The molecule has 2 rings (SSSR count). The Kier molecular flexibility index (Phi) is 2.86. The molecule has 16 heavy (non-hydrogen) atoms. The zero-order valence-electron chi connectivity index (χ0n) is 8.44. The number of hydrogen-bond donors (Lipinski definition) is 2. The van der Waals surface area contributed by atoms with Crippen molar-refractivity contribution >= 4 is 23.2 Å². The fraction of sp³-hybridized carbons (Fsp3) is 0.250. The van der Waals surface area contributed by atoms with Crippen LogP contribution in [0.5, 0.6) is 0 Å². The summed E-state index contributed by atoms with van der Waals surface area (Å²) < 4.78 is 4.91. The number of hydrogen-bond acceptors (Lipinski definition) is 7. The van der Waals surface area contributed by atoms with Crippen LogP contribution in [0.1, 0.15) is 11.7 Å². The number of nitrogens with zero attached hydrogens (tertiary/aromatic N) is 4. The van der Waals surface area contributed by atoms with E-state index in [4.69, 9.17) is 21.9 Å². The van der Waals surface area contributed by atoms with Gasteiger partial charge in [0, 0.05) is 0 Å². The molecule has 0 bridgehead atoms. The van der Waals surface area contributed by atoms with Crippen molar-refractivity contribution in [2.75, 3.05) is 11.1 Å². The summed E-state index contributed by atoms with van der Waals surface area (Å²) in [5, 5.41) is 6.85. The average molecular weight is 241 g/mol. The lowest BCUT2D eigenvalue weighted by atomic mass is 10.5. The lowest BCUT2D eigenvalue weighted by Crippen LogP contribution is -2.04. The highest BCUT2D eigenvalue weighted by Gasteiger charge is 2.08. The van der Waals surface area contributed by atoms with E-state index in [0.717, 1.165) is 0 Å². The Morgan fingerprint density at radius 2 is 2.31 bits per heavy atom. The number of aryl methyl sites for hydroxylation is 1. The number of rotatable bonds is 3. The molecule has 0 saturated heterocycles. The van der Waals surface area contributed by atoms with Gasteiger partial charge in [-0.1, -0.05) is 16.8 Å². The smallest absolute Gasteiger partial charge is 0.245 e. The Bertz CT molecular complexity index is 499. The van der Waals surface area contributed by atoms with Crippen LogP contribution in [0.2, 0.25) is 5.02 Å². The van der Waals surface area contributed by atoms with Gasteiger partial charge in [0.05, 0.1) is 6.54 Å². The third-order valence-electron chi connectivity index (χ3n) is 1.79. The summed E-state index contributed by atoms with van der Waals surface area (Å²) in [4.78, 5) is 11.7. The van der Waals surface area contributed by atoms with Crippen LogP contribution >= 0.6 is 11.6 Å². The molecule has 0 amide bonds. The molecular formula is C8H9ClN6O. The molecule has 7 nitrogen and oxygen atoms in total. The summed E-state index contributed by atoms with van der Waals surface area (Å²) in [6.07, 6.45) is 1.32. The van der Waals surface area contributed by atoms with Gasteiger partial charge in [0.15, 0.2) is 11.6 Å². The number of aromatic nitrogens is 4. The predicted molar refractivity (Wildman–Crippen MR) is 57.8 cm³/mol. The Labute approximate surface area is 96.0 Å². The first-order valence-electron chi connectivity index (χ1n) is 4.46. The zero-order chi connectivity index (χ0) is 11.5. The van der Waals surface area contributed by atoms with Crippen molar-refractivity contribution in [3.8, 4) is 0 Å². The van der Waals surface area contributed by atoms with Gasteiger partial charge < -0.3 is 15.6 Å². The Hall–Kier alpha value is -1.89. The molecule has 2 aromatic rings. The fourth-order valence-corrected chi connectivity index (χ4v) is 1.24. The van der Waals surface area contributed by atoms with Gasteiger partial charge in [0.25, 0.3) is 0 Å². The summed E-state index contributed by atoms with van der Waals surface area (Å²) in [5.41, 5.74) is 5.52. The predicted octanol–water partition coefficient (Wildman–Crippen LogP) is 1.02. The zero-order valence-corrected chi connectivity index (χ0v) is 9.19. The van der Waals surface area contributed by atoms with Gasteiger partial charge in [0.2, 0.25) is 5.89 Å². The normalized spacial score (nSPS) is 10.4. The van der Waals surface area contributed by atoms with E-state index in [1.807, 2.05) is 0 Å². The monoisotopic (exact) mass is 240 g/mol. The maximum absolute atomic E-state index is 5.89. The largest absolute Gasteiger partial charge is 0.382 e. The molecule has 0 fully saturated rings. The molecule has 0 aromatic carbocycles. The van der Waals surface area contributed by atoms with Crippen LogP contribution in [0.4, 0.5) is 11.6 Å². The van der Waals surface area contributed by atoms with Crippen molar-refractivity contribution in [1.82, 2.24) is 20.1 Å². The standard InChI is InChI=1S/C8H9ClN6O/c1-4-14-5(16-15-4)2-11-8-6(9)7(10)12-3-13-8/h3H,2H2,1H3,(H3,10,11,12,13). The second-order valence-electron chi connectivity index (χ2n) is 3.01. The first kappa shape index (κ1) is 10.6. The van der Waals surface area contributed by atoms with Crippen molar-refractivity contribution in [1.29, 1.82) is 0 Å². The molecule has 0 aliphatic rings. The van der Waals surface area contributed by atoms with Crippen LogP contribution in [-0.2, 0) is 6.54 Å². The summed E-state index contributed by atoms with van der Waals surface area (Å²) >= 11 is 5.89. The molecule has 2 heterocycles. The van der Waals surface area contributed by atoms with Crippen molar-refractivity contribution in [3.63, 3.8) is 0 Å². The summed E-state index contributed by atoms with van der Waals surface area (Å²) in [6, 6.07) is 0. The van der Waals surface area contributed by atoms with E-state index in [1.165, 1.54) is 6.33 Å². The highest BCUT2D eigenvalue weighted by atomic mass is 35.5. The van der Waals surface area contributed by atoms with E-state index < -0.39 is 0 Å². The molecule has 0 atom stereocenters.